The maximum absolute atomic E-state index is 9.44. The van der Waals surface area contributed by atoms with E-state index in [1.807, 2.05) is 17.4 Å². The van der Waals surface area contributed by atoms with Crippen LogP contribution in [0.4, 0.5) is 11.6 Å². The van der Waals surface area contributed by atoms with Gasteiger partial charge in [-0.2, -0.15) is 0 Å². The SMILES string of the molecule is CC1(CNc2cc(N3CCCC(CO)C3)ncn2)OCCc2sccc21. The molecule has 2 aliphatic heterocycles. The van der Waals surface area contributed by atoms with Crippen LogP contribution < -0.4 is 10.2 Å². The molecule has 0 spiro atoms. The Kier molecular flexibility index (Phi) is 5.11. The first-order chi connectivity index (χ1) is 12.7. The minimum absolute atomic E-state index is 0.241. The molecule has 1 fully saturated rings. The number of nitrogens with one attached hydrogen (secondary N) is 1. The van der Waals surface area contributed by atoms with E-state index in [2.05, 4.69) is 38.6 Å². The number of aliphatic hydroxyl groups excluding tert-OH is 1. The number of thiophene rings is 1. The molecule has 6 nitrogen and oxygen atoms in total. The number of nitrogens with zero attached hydrogens (tertiary/aromatic N) is 3. The third-order valence-electron chi connectivity index (χ3n) is 5.43. The summed E-state index contributed by atoms with van der Waals surface area (Å²) in [4.78, 5) is 12.5. The molecule has 0 radical (unpaired) electrons. The molecule has 140 valence electrons. The van der Waals surface area contributed by atoms with Crippen molar-refractivity contribution in [1.29, 1.82) is 0 Å². The fraction of sp³-hybridized carbons (Fsp3) is 0.579. The lowest BCUT2D eigenvalue weighted by Crippen LogP contribution is -2.38. The van der Waals surface area contributed by atoms with Gasteiger partial charge in [-0.25, -0.2) is 9.97 Å². The number of rotatable bonds is 5. The van der Waals surface area contributed by atoms with Crippen LogP contribution in [-0.4, -0.2) is 47.9 Å². The fourth-order valence-electron chi connectivity index (χ4n) is 3.90. The van der Waals surface area contributed by atoms with E-state index in [1.54, 1.807) is 6.33 Å². The molecule has 0 aliphatic carbocycles. The van der Waals surface area contributed by atoms with E-state index in [9.17, 15) is 5.11 Å². The van der Waals surface area contributed by atoms with Crippen molar-refractivity contribution in [3.8, 4) is 0 Å². The summed E-state index contributed by atoms with van der Waals surface area (Å²) in [6, 6.07) is 4.18. The lowest BCUT2D eigenvalue weighted by Gasteiger charge is -2.35. The van der Waals surface area contributed by atoms with Crippen molar-refractivity contribution in [2.75, 3.05) is 43.1 Å². The van der Waals surface area contributed by atoms with Gasteiger partial charge in [0.05, 0.1) is 6.61 Å². The van der Waals surface area contributed by atoms with Crippen LogP contribution in [0, 0.1) is 5.92 Å². The van der Waals surface area contributed by atoms with Gasteiger partial charge in [0.1, 0.15) is 23.6 Å². The monoisotopic (exact) mass is 374 g/mol. The number of hydrogen-bond acceptors (Lipinski definition) is 7. The molecule has 0 aromatic carbocycles. The van der Waals surface area contributed by atoms with Crippen molar-refractivity contribution in [2.45, 2.75) is 31.8 Å². The van der Waals surface area contributed by atoms with Crippen LogP contribution in [0.2, 0.25) is 0 Å². The second-order valence-electron chi connectivity index (χ2n) is 7.34. The van der Waals surface area contributed by atoms with Crippen LogP contribution in [-0.2, 0) is 16.8 Å². The first kappa shape index (κ1) is 17.7. The van der Waals surface area contributed by atoms with Crippen molar-refractivity contribution in [2.24, 2.45) is 5.92 Å². The summed E-state index contributed by atoms with van der Waals surface area (Å²) in [7, 11) is 0. The second-order valence-corrected chi connectivity index (χ2v) is 8.34. The predicted molar refractivity (Wildman–Crippen MR) is 104 cm³/mol. The van der Waals surface area contributed by atoms with E-state index >= 15 is 0 Å². The molecule has 4 rings (SSSR count). The average molecular weight is 375 g/mol. The molecular formula is C19H26N4O2S. The molecule has 0 bridgehead atoms. The van der Waals surface area contributed by atoms with Crippen LogP contribution in [0.25, 0.3) is 0 Å². The first-order valence-corrected chi connectivity index (χ1v) is 10.2. The highest BCUT2D eigenvalue weighted by Gasteiger charge is 2.34. The molecule has 2 atom stereocenters. The summed E-state index contributed by atoms with van der Waals surface area (Å²) in [5.41, 5.74) is 0.962. The lowest BCUT2D eigenvalue weighted by atomic mass is 9.93. The number of fused-ring (bicyclic) bond motifs is 1. The number of aliphatic hydroxyl groups is 1. The Morgan fingerprint density at radius 3 is 3.27 bits per heavy atom. The normalized spacial score (nSPS) is 25.8. The van der Waals surface area contributed by atoms with Crippen LogP contribution >= 0.6 is 11.3 Å². The Morgan fingerprint density at radius 2 is 2.38 bits per heavy atom. The van der Waals surface area contributed by atoms with Gasteiger partial charge in [-0.05, 0) is 42.7 Å². The molecular weight excluding hydrogens is 348 g/mol. The van der Waals surface area contributed by atoms with Crippen molar-refractivity contribution >= 4 is 23.0 Å². The van der Waals surface area contributed by atoms with Gasteiger partial charge >= 0.3 is 0 Å². The molecule has 2 aliphatic rings. The van der Waals surface area contributed by atoms with Gasteiger partial charge in [-0.15, -0.1) is 11.3 Å². The molecule has 1 saturated heterocycles. The minimum atomic E-state index is -0.328. The maximum atomic E-state index is 9.44. The third-order valence-corrected chi connectivity index (χ3v) is 6.41. The zero-order chi connectivity index (χ0) is 18.0. The van der Waals surface area contributed by atoms with Gasteiger partial charge in [0.15, 0.2) is 0 Å². The Hall–Kier alpha value is -1.70. The number of hydrogen-bond donors (Lipinski definition) is 2. The van der Waals surface area contributed by atoms with Gasteiger partial charge in [0, 0.05) is 43.6 Å². The van der Waals surface area contributed by atoms with Gasteiger partial charge in [-0.3, -0.25) is 0 Å². The summed E-state index contributed by atoms with van der Waals surface area (Å²) in [5.74, 6) is 2.07. The fourth-order valence-corrected chi connectivity index (χ4v) is 4.88. The van der Waals surface area contributed by atoms with Crippen molar-refractivity contribution < 1.29 is 9.84 Å². The Balaban J connectivity index is 1.45. The average Bonchev–Trinajstić information content (AvgIpc) is 3.17. The van der Waals surface area contributed by atoms with Crippen molar-refractivity contribution in [3.05, 3.63) is 34.3 Å². The number of aromatic nitrogens is 2. The molecule has 7 heteroatoms. The summed E-state index contributed by atoms with van der Waals surface area (Å²) < 4.78 is 6.11. The van der Waals surface area contributed by atoms with E-state index in [0.717, 1.165) is 50.6 Å². The molecule has 4 heterocycles. The van der Waals surface area contributed by atoms with Crippen LogP contribution in [0.15, 0.2) is 23.8 Å². The summed E-state index contributed by atoms with van der Waals surface area (Å²) in [6.45, 7) is 5.65. The van der Waals surface area contributed by atoms with E-state index in [4.69, 9.17) is 4.74 Å². The van der Waals surface area contributed by atoms with E-state index in [-0.39, 0.29) is 12.2 Å². The lowest BCUT2D eigenvalue weighted by molar-refractivity contribution is -0.0348. The summed E-state index contributed by atoms with van der Waals surface area (Å²) in [5, 5.41) is 15.0. The van der Waals surface area contributed by atoms with Gasteiger partial charge < -0.3 is 20.1 Å². The first-order valence-electron chi connectivity index (χ1n) is 9.30. The number of ether oxygens (including phenoxy) is 1. The Bertz CT molecular complexity index is 753. The van der Waals surface area contributed by atoms with E-state index < -0.39 is 0 Å². The van der Waals surface area contributed by atoms with E-state index in [1.165, 1.54) is 10.4 Å². The summed E-state index contributed by atoms with van der Waals surface area (Å²) in [6.07, 6.45) is 4.79. The van der Waals surface area contributed by atoms with Crippen molar-refractivity contribution in [1.82, 2.24) is 9.97 Å². The molecule has 0 saturated carbocycles. The molecule has 2 unspecified atom stereocenters. The van der Waals surface area contributed by atoms with Gasteiger partial charge in [-0.1, -0.05) is 0 Å². The summed E-state index contributed by atoms with van der Waals surface area (Å²) >= 11 is 1.81. The van der Waals surface area contributed by atoms with E-state index in [0.29, 0.717) is 12.5 Å². The number of anilines is 2. The zero-order valence-electron chi connectivity index (χ0n) is 15.1. The highest BCUT2D eigenvalue weighted by atomic mass is 32.1. The molecule has 26 heavy (non-hydrogen) atoms. The predicted octanol–water partition coefficient (Wildman–Crippen LogP) is 2.65. The third kappa shape index (κ3) is 3.56. The maximum Gasteiger partial charge on any atom is 0.134 e. The smallest absolute Gasteiger partial charge is 0.134 e. The van der Waals surface area contributed by atoms with Gasteiger partial charge in [0.2, 0.25) is 0 Å². The zero-order valence-corrected chi connectivity index (χ0v) is 16.0. The Labute approximate surface area is 158 Å². The number of piperidine rings is 1. The quantitative estimate of drug-likeness (QED) is 0.838. The molecule has 2 N–H and O–H groups in total. The van der Waals surface area contributed by atoms with Crippen LogP contribution in [0.3, 0.4) is 0 Å². The van der Waals surface area contributed by atoms with Crippen LogP contribution in [0.1, 0.15) is 30.2 Å². The standard InChI is InChI=1S/C19H26N4O2S/c1-19(15-5-8-26-16(15)4-7-25-19)12-20-17-9-18(22-13-21-17)23-6-2-3-14(10-23)11-24/h5,8-9,13-14,24H,2-4,6-7,10-12H2,1H3,(H,20,21,22). The van der Waals surface area contributed by atoms with Crippen LogP contribution in [0.5, 0.6) is 0 Å². The topological polar surface area (TPSA) is 70.5 Å². The molecule has 0 amide bonds. The highest BCUT2D eigenvalue weighted by Crippen LogP contribution is 2.36. The minimum Gasteiger partial charge on any atom is -0.396 e. The van der Waals surface area contributed by atoms with Crippen molar-refractivity contribution in [3.63, 3.8) is 0 Å². The molecule has 2 aromatic rings. The second kappa shape index (κ2) is 7.50. The molecule has 2 aromatic heterocycles. The largest absolute Gasteiger partial charge is 0.396 e. The van der Waals surface area contributed by atoms with Gasteiger partial charge in [0.25, 0.3) is 0 Å². The highest BCUT2D eigenvalue weighted by molar-refractivity contribution is 7.10. The Morgan fingerprint density at radius 1 is 1.46 bits per heavy atom.